The molecule has 3 rings (SSSR count). The quantitative estimate of drug-likeness (QED) is 0.754. The van der Waals surface area contributed by atoms with Crippen molar-refractivity contribution >= 4 is 46.3 Å². The van der Waals surface area contributed by atoms with E-state index in [4.69, 9.17) is 28.6 Å². The van der Waals surface area contributed by atoms with Gasteiger partial charge in [-0.1, -0.05) is 11.6 Å². The maximum absolute atomic E-state index is 5.94. The van der Waals surface area contributed by atoms with Gasteiger partial charge in [-0.2, -0.15) is 4.98 Å². The molecule has 0 aromatic carbocycles. The Labute approximate surface area is 122 Å². The lowest BCUT2D eigenvalue weighted by atomic mass is 10.4. The lowest BCUT2D eigenvalue weighted by molar-refractivity contribution is 0.401. The molecule has 8 heteroatoms. The number of halogens is 1. The number of methoxy groups -OCH3 is 1. The molecule has 0 amide bonds. The van der Waals surface area contributed by atoms with Crippen molar-refractivity contribution in [3.05, 3.63) is 32.4 Å². The van der Waals surface area contributed by atoms with E-state index in [-0.39, 0.29) is 0 Å². The van der Waals surface area contributed by atoms with Gasteiger partial charge in [0.25, 0.3) is 0 Å². The predicted molar refractivity (Wildman–Crippen MR) is 77.7 cm³/mol. The van der Waals surface area contributed by atoms with Gasteiger partial charge < -0.3 is 9.72 Å². The Hall–Kier alpha value is -1.44. The number of imidazole rings is 1. The second-order valence-electron chi connectivity index (χ2n) is 3.80. The second-order valence-corrected chi connectivity index (χ2v) is 5.99. The molecule has 0 aliphatic heterocycles. The van der Waals surface area contributed by atoms with Gasteiger partial charge in [0.2, 0.25) is 5.88 Å². The molecule has 0 fully saturated rings. The molecule has 0 aliphatic carbocycles. The Bertz CT molecular complexity index is 791. The molecule has 0 unspecified atom stereocenters. The zero-order valence-electron chi connectivity index (χ0n) is 9.88. The Balaban J connectivity index is 2.13. The van der Waals surface area contributed by atoms with Gasteiger partial charge in [0.15, 0.2) is 10.4 Å². The summed E-state index contributed by atoms with van der Waals surface area (Å²) in [5, 5.41) is 0. The number of rotatable bonds is 3. The zero-order valence-corrected chi connectivity index (χ0v) is 12.3. The van der Waals surface area contributed by atoms with Crippen molar-refractivity contribution in [2.45, 2.75) is 6.54 Å². The first-order valence-electron chi connectivity index (χ1n) is 5.41. The SMILES string of the molecule is COc1ncnc2c1[nH]c(=S)n2Cc1ccc(Cl)s1. The van der Waals surface area contributed by atoms with Crippen LogP contribution >= 0.6 is 35.2 Å². The highest BCUT2D eigenvalue weighted by Crippen LogP contribution is 2.25. The smallest absolute Gasteiger partial charge is 0.242 e. The fourth-order valence-electron chi connectivity index (χ4n) is 1.84. The summed E-state index contributed by atoms with van der Waals surface area (Å²) < 4.78 is 8.43. The average Bonchev–Trinajstić information content (AvgIpc) is 2.94. The van der Waals surface area contributed by atoms with Crippen molar-refractivity contribution in [1.29, 1.82) is 0 Å². The van der Waals surface area contributed by atoms with Crippen LogP contribution in [-0.4, -0.2) is 26.6 Å². The Morgan fingerprint density at radius 2 is 2.32 bits per heavy atom. The summed E-state index contributed by atoms with van der Waals surface area (Å²) in [6.45, 7) is 0.621. The van der Waals surface area contributed by atoms with E-state index in [2.05, 4.69) is 15.0 Å². The van der Waals surface area contributed by atoms with Crippen molar-refractivity contribution in [2.75, 3.05) is 7.11 Å². The minimum absolute atomic E-state index is 0.485. The molecule has 5 nitrogen and oxygen atoms in total. The zero-order chi connectivity index (χ0) is 13.4. The number of hydrogen-bond acceptors (Lipinski definition) is 5. The number of aromatic nitrogens is 4. The second kappa shape index (κ2) is 4.92. The molecule has 0 radical (unpaired) electrons. The van der Waals surface area contributed by atoms with Crippen molar-refractivity contribution in [3.63, 3.8) is 0 Å². The molecule has 0 spiro atoms. The summed E-state index contributed by atoms with van der Waals surface area (Å²) in [5.74, 6) is 0.485. The van der Waals surface area contributed by atoms with Crippen LogP contribution in [0.25, 0.3) is 11.2 Å². The highest BCUT2D eigenvalue weighted by atomic mass is 35.5. The highest BCUT2D eigenvalue weighted by molar-refractivity contribution is 7.71. The maximum atomic E-state index is 5.94. The third-order valence-electron chi connectivity index (χ3n) is 2.66. The number of nitrogens with zero attached hydrogens (tertiary/aromatic N) is 3. The van der Waals surface area contributed by atoms with Crippen LogP contribution in [0.4, 0.5) is 0 Å². The van der Waals surface area contributed by atoms with Crippen molar-refractivity contribution in [2.24, 2.45) is 0 Å². The van der Waals surface area contributed by atoms with Gasteiger partial charge in [-0.05, 0) is 24.4 Å². The molecule has 0 saturated heterocycles. The summed E-state index contributed by atoms with van der Waals surface area (Å²) in [5.41, 5.74) is 1.43. The molecule has 0 bridgehead atoms. The van der Waals surface area contributed by atoms with E-state index in [1.165, 1.54) is 17.7 Å². The van der Waals surface area contributed by atoms with E-state index >= 15 is 0 Å². The standard InChI is InChI=1S/C11H9ClN4OS2/c1-17-10-8-9(13-5-14-10)16(11(18)15-8)4-6-2-3-7(12)19-6/h2-3,5H,4H2,1H3,(H,15,18). The van der Waals surface area contributed by atoms with E-state index in [0.29, 0.717) is 22.7 Å². The summed E-state index contributed by atoms with van der Waals surface area (Å²) in [7, 11) is 1.56. The maximum Gasteiger partial charge on any atom is 0.242 e. The molecule has 3 aromatic heterocycles. The van der Waals surface area contributed by atoms with Gasteiger partial charge in [-0.3, -0.25) is 4.57 Å². The fourth-order valence-corrected chi connectivity index (χ4v) is 3.17. The number of fused-ring (bicyclic) bond motifs is 1. The summed E-state index contributed by atoms with van der Waals surface area (Å²) in [6.07, 6.45) is 1.46. The first-order chi connectivity index (χ1) is 9.19. The number of nitrogens with one attached hydrogen (secondary N) is 1. The van der Waals surface area contributed by atoms with Crippen molar-refractivity contribution < 1.29 is 4.74 Å². The number of thiophene rings is 1. The molecule has 0 aliphatic rings. The van der Waals surface area contributed by atoms with Gasteiger partial charge in [0, 0.05) is 4.88 Å². The third-order valence-corrected chi connectivity index (χ3v) is 4.20. The lowest BCUT2D eigenvalue weighted by Crippen LogP contribution is -1.99. The van der Waals surface area contributed by atoms with Crippen LogP contribution < -0.4 is 4.74 Å². The number of aromatic amines is 1. The molecule has 19 heavy (non-hydrogen) atoms. The van der Waals surface area contributed by atoms with Crippen LogP contribution in [0.2, 0.25) is 4.34 Å². The first kappa shape index (κ1) is 12.6. The van der Waals surface area contributed by atoms with Gasteiger partial charge in [0.1, 0.15) is 11.8 Å². The lowest BCUT2D eigenvalue weighted by Gasteiger charge is -2.02. The van der Waals surface area contributed by atoms with Crippen LogP contribution in [-0.2, 0) is 6.54 Å². The van der Waals surface area contributed by atoms with Crippen LogP contribution in [0.5, 0.6) is 5.88 Å². The number of ether oxygens (including phenoxy) is 1. The van der Waals surface area contributed by atoms with Crippen LogP contribution in [0, 0.1) is 4.77 Å². The van der Waals surface area contributed by atoms with E-state index < -0.39 is 0 Å². The van der Waals surface area contributed by atoms with Gasteiger partial charge in [-0.25, -0.2) is 4.98 Å². The first-order valence-corrected chi connectivity index (χ1v) is 7.01. The van der Waals surface area contributed by atoms with Crippen LogP contribution in [0.15, 0.2) is 18.5 Å². The van der Waals surface area contributed by atoms with Crippen LogP contribution in [0.3, 0.4) is 0 Å². The topological polar surface area (TPSA) is 55.7 Å². The molecule has 0 atom stereocenters. The monoisotopic (exact) mass is 312 g/mol. The largest absolute Gasteiger partial charge is 0.479 e. The minimum atomic E-state index is 0.485. The van der Waals surface area contributed by atoms with Gasteiger partial charge in [-0.15, -0.1) is 11.3 Å². The third kappa shape index (κ3) is 2.24. The minimum Gasteiger partial charge on any atom is -0.479 e. The van der Waals surface area contributed by atoms with Gasteiger partial charge in [0.05, 0.1) is 18.0 Å². The number of hydrogen-bond donors (Lipinski definition) is 1. The molecule has 0 saturated carbocycles. The molecular weight excluding hydrogens is 304 g/mol. The summed E-state index contributed by atoms with van der Waals surface area (Å²) in [4.78, 5) is 12.5. The van der Waals surface area contributed by atoms with Crippen LogP contribution in [0.1, 0.15) is 4.88 Å². The van der Waals surface area contributed by atoms with E-state index in [9.17, 15) is 0 Å². The average molecular weight is 313 g/mol. The Morgan fingerprint density at radius 3 is 3.00 bits per heavy atom. The van der Waals surface area contributed by atoms with Gasteiger partial charge >= 0.3 is 0 Å². The summed E-state index contributed by atoms with van der Waals surface area (Å²) >= 11 is 12.8. The Morgan fingerprint density at radius 1 is 1.47 bits per heavy atom. The Kier molecular flexibility index (Phi) is 3.26. The normalized spacial score (nSPS) is 11.1. The fraction of sp³-hybridized carbons (Fsp3) is 0.182. The van der Waals surface area contributed by atoms with E-state index in [0.717, 1.165) is 14.9 Å². The highest BCUT2D eigenvalue weighted by Gasteiger charge is 2.12. The molecule has 1 N–H and O–H groups in total. The van der Waals surface area contributed by atoms with Crippen molar-refractivity contribution in [3.8, 4) is 5.88 Å². The number of H-pyrrole nitrogens is 1. The molecule has 98 valence electrons. The summed E-state index contributed by atoms with van der Waals surface area (Å²) in [6, 6.07) is 3.85. The molecular formula is C11H9ClN4OS2. The van der Waals surface area contributed by atoms with E-state index in [1.54, 1.807) is 7.11 Å². The predicted octanol–water partition coefficient (Wildman–Crippen LogP) is 3.26. The molecule has 3 heterocycles. The van der Waals surface area contributed by atoms with Crippen molar-refractivity contribution in [1.82, 2.24) is 19.5 Å². The van der Waals surface area contributed by atoms with E-state index in [1.807, 2.05) is 16.7 Å². The molecule has 3 aromatic rings.